The zero-order chi connectivity index (χ0) is 25.6. The number of aryl methyl sites for hydroxylation is 3. The Morgan fingerprint density at radius 3 is 1.85 bits per heavy atom. The van der Waals surface area contributed by atoms with Gasteiger partial charge in [-0.2, -0.15) is 10.2 Å². The van der Waals surface area contributed by atoms with E-state index in [9.17, 15) is 13.2 Å². The number of hydrogen-bond donors (Lipinski definition) is 1. The molecule has 0 aliphatic rings. The van der Waals surface area contributed by atoms with Gasteiger partial charge in [-0.05, 0) is 62.2 Å². The van der Waals surface area contributed by atoms with E-state index >= 15 is 0 Å². The normalized spacial score (nSPS) is 9.73. The molecule has 0 unspecified atom stereocenters. The summed E-state index contributed by atoms with van der Waals surface area (Å²) in [5.41, 5.74) is 3.56. The van der Waals surface area contributed by atoms with Crippen molar-refractivity contribution < 1.29 is 13.2 Å². The maximum absolute atomic E-state index is 12.9. The molecule has 6 nitrogen and oxygen atoms in total. The molecule has 0 fully saturated rings. The van der Waals surface area contributed by atoms with E-state index in [1.165, 1.54) is 24.5 Å². The summed E-state index contributed by atoms with van der Waals surface area (Å²) in [5.74, 6) is -0.324. The second-order valence-electron chi connectivity index (χ2n) is 6.36. The van der Waals surface area contributed by atoms with E-state index in [0.29, 0.717) is 5.56 Å². The molecular weight excluding hydrogens is 434 g/mol. The van der Waals surface area contributed by atoms with Gasteiger partial charge in [-0.15, -0.1) is 0 Å². The molecule has 33 heavy (non-hydrogen) atoms. The van der Waals surface area contributed by atoms with Gasteiger partial charge >= 0.3 is 0 Å². The van der Waals surface area contributed by atoms with Crippen LogP contribution in [0.2, 0.25) is 0 Å². The van der Waals surface area contributed by atoms with Crippen LogP contribution in [-0.2, 0) is 10.0 Å². The van der Waals surface area contributed by atoms with Gasteiger partial charge in [-0.1, -0.05) is 59.2 Å². The molecule has 0 radical (unpaired) electrons. The Morgan fingerprint density at radius 1 is 0.788 bits per heavy atom. The van der Waals surface area contributed by atoms with E-state index in [-0.39, 0.29) is 21.9 Å². The molecule has 3 rings (SSSR count). The first kappa shape index (κ1) is 29.9. The molecule has 1 heterocycles. The van der Waals surface area contributed by atoms with Crippen molar-refractivity contribution in [2.75, 3.05) is 4.72 Å². The number of rotatable bonds is 5. The Morgan fingerprint density at radius 2 is 1.33 bits per heavy atom. The first-order valence-electron chi connectivity index (χ1n) is 11.3. The zero-order valence-electron chi connectivity index (χ0n) is 21.2. The highest BCUT2D eigenvalue weighted by molar-refractivity contribution is 7.92. The van der Waals surface area contributed by atoms with E-state index in [0.717, 1.165) is 16.7 Å². The lowest BCUT2D eigenvalue weighted by molar-refractivity contribution is 0.103. The Labute approximate surface area is 199 Å². The molecule has 0 saturated heterocycles. The predicted molar refractivity (Wildman–Crippen MR) is 137 cm³/mol. The van der Waals surface area contributed by atoms with E-state index in [4.69, 9.17) is 0 Å². The van der Waals surface area contributed by atoms with Crippen molar-refractivity contribution in [3.63, 3.8) is 0 Å². The van der Waals surface area contributed by atoms with Gasteiger partial charge in [0.1, 0.15) is 0 Å². The van der Waals surface area contributed by atoms with Gasteiger partial charge in [0.15, 0.2) is 5.78 Å². The standard InChI is InChI=1S/C20H19N3O3S.3C2H6/c1-13-4-6-17(7-5-13)27(25,26)23-19-11-15(3)14(2)10-18(19)20(24)16-8-9-21-22-12-16;3*1-2/h4-12,23H,1-3H3;3*1-2H3. The maximum atomic E-state index is 12.9. The van der Waals surface area contributed by atoms with Crippen LogP contribution in [0.3, 0.4) is 0 Å². The highest BCUT2D eigenvalue weighted by Crippen LogP contribution is 2.26. The highest BCUT2D eigenvalue weighted by Gasteiger charge is 2.21. The van der Waals surface area contributed by atoms with Gasteiger partial charge in [0.25, 0.3) is 10.0 Å². The average molecular weight is 472 g/mol. The van der Waals surface area contributed by atoms with Crippen LogP contribution in [0.1, 0.15) is 74.2 Å². The first-order valence-corrected chi connectivity index (χ1v) is 12.8. The van der Waals surface area contributed by atoms with Crippen molar-refractivity contribution >= 4 is 21.5 Å². The van der Waals surface area contributed by atoms with Crippen molar-refractivity contribution in [3.05, 3.63) is 82.7 Å². The van der Waals surface area contributed by atoms with Crippen LogP contribution in [0.25, 0.3) is 0 Å². The van der Waals surface area contributed by atoms with Crippen molar-refractivity contribution in [1.29, 1.82) is 0 Å². The largest absolute Gasteiger partial charge is 0.288 e. The minimum absolute atomic E-state index is 0.135. The number of ketones is 1. The molecule has 0 atom stereocenters. The minimum atomic E-state index is -3.83. The minimum Gasteiger partial charge on any atom is -0.288 e. The Balaban J connectivity index is 0.00000158. The highest BCUT2D eigenvalue weighted by atomic mass is 32.2. The molecule has 0 aliphatic heterocycles. The number of aromatic nitrogens is 2. The Hall–Kier alpha value is -3.06. The molecule has 2 aromatic carbocycles. The van der Waals surface area contributed by atoms with Gasteiger partial charge in [0.2, 0.25) is 0 Å². The number of nitrogens with one attached hydrogen (secondary N) is 1. The zero-order valence-corrected chi connectivity index (χ0v) is 22.0. The van der Waals surface area contributed by atoms with Crippen LogP contribution in [0.4, 0.5) is 5.69 Å². The number of anilines is 1. The number of benzene rings is 2. The number of sulfonamides is 1. The summed E-state index contributed by atoms with van der Waals surface area (Å²) in [5, 5.41) is 7.39. The Bertz CT molecular complexity index is 1100. The quantitative estimate of drug-likeness (QED) is 0.428. The van der Waals surface area contributed by atoms with Gasteiger partial charge in [0.05, 0.1) is 23.0 Å². The molecule has 0 aliphatic carbocycles. The SMILES string of the molecule is CC.CC.CC.Cc1ccc(S(=O)(=O)Nc2cc(C)c(C)cc2C(=O)c2ccnnc2)cc1. The predicted octanol–water partition coefficient (Wildman–Crippen LogP) is 6.51. The lowest BCUT2D eigenvalue weighted by Crippen LogP contribution is -2.16. The molecule has 7 heteroatoms. The molecule has 3 aromatic rings. The number of nitrogens with zero attached hydrogens (tertiary/aromatic N) is 2. The van der Waals surface area contributed by atoms with E-state index in [1.54, 1.807) is 30.3 Å². The summed E-state index contributed by atoms with van der Waals surface area (Å²) in [6.07, 6.45) is 2.78. The van der Waals surface area contributed by atoms with Crippen molar-refractivity contribution in [1.82, 2.24) is 10.2 Å². The Kier molecular flexibility index (Phi) is 13.5. The van der Waals surface area contributed by atoms with E-state index in [2.05, 4.69) is 14.9 Å². The molecule has 0 saturated carbocycles. The summed E-state index contributed by atoms with van der Waals surface area (Å²) in [7, 11) is -3.83. The fourth-order valence-electron chi connectivity index (χ4n) is 2.59. The van der Waals surface area contributed by atoms with Crippen molar-refractivity contribution in [2.24, 2.45) is 0 Å². The number of carbonyl (C=O) groups excluding carboxylic acids is 1. The first-order chi connectivity index (χ1) is 15.8. The monoisotopic (exact) mass is 471 g/mol. The maximum Gasteiger partial charge on any atom is 0.261 e. The molecule has 1 aromatic heterocycles. The lowest BCUT2D eigenvalue weighted by Gasteiger charge is -2.15. The molecule has 1 N–H and O–H groups in total. The van der Waals surface area contributed by atoms with Crippen molar-refractivity contribution in [3.8, 4) is 0 Å². The summed E-state index contributed by atoms with van der Waals surface area (Å²) >= 11 is 0. The van der Waals surface area contributed by atoms with E-state index < -0.39 is 10.0 Å². The van der Waals surface area contributed by atoms with E-state index in [1.807, 2.05) is 62.3 Å². The summed E-state index contributed by atoms with van der Waals surface area (Å²) in [6.45, 7) is 17.6. The molecule has 180 valence electrons. The lowest BCUT2D eigenvalue weighted by atomic mass is 9.98. The number of hydrogen-bond acceptors (Lipinski definition) is 5. The van der Waals surface area contributed by atoms with Crippen LogP contribution in [0.5, 0.6) is 0 Å². The molecular formula is C26H37N3O3S. The van der Waals surface area contributed by atoms with Crippen molar-refractivity contribution in [2.45, 2.75) is 67.2 Å². The topological polar surface area (TPSA) is 89.0 Å². The second-order valence-corrected chi connectivity index (χ2v) is 8.04. The van der Waals surface area contributed by atoms with Crippen LogP contribution < -0.4 is 4.72 Å². The molecule has 0 bridgehead atoms. The summed E-state index contributed by atoms with van der Waals surface area (Å²) < 4.78 is 28.1. The molecule has 0 amide bonds. The van der Waals surface area contributed by atoms with Gasteiger partial charge in [0, 0.05) is 11.1 Å². The van der Waals surface area contributed by atoms with Crippen LogP contribution >= 0.6 is 0 Å². The van der Waals surface area contributed by atoms with Gasteiger partial charge in [-0.3, -0.25) is 9.52 Å². The van der Waals surface area contributed by atoms with Crippen LogP contribution in [-0.4, -0.2) is 24.4 Å². The van der Waals surface area contributed by atoms with Gasteiger partial charge < -0.3 is 0 Å². The third-order valence-corrected chi connectivity index (χ3v) is 5.68. The smallest absolute Gasteiger partial charge is 0.261 e. The molecule has 0 spiro atoms. The fraction of sp³-hybridized carbons (Fsp3) is 0.346. The third kappa shape index (κ3) is 8.42. The van der Waals surface area contributed by atoms with Gasteiger partial charge in [-0.25, -0.2) is 8.42 Å². The fourth-order valence-corrected chi connectivity index (χ4v) is 3.66. The third-order valence-electron chi connectivity index (χ3n) is 4.30. The average Bonchev–Trinajstić information content (AvgIpc) is 2.85. The van der Waals surface area contributed by atoms with Crippen LogP contribution in [0.15, 0.2) is 59.8 Å². The van der Waals surface area contributed by atoms with Crippen LogP contribution in [0, 0.1) is 20.8 Å². The number of carbonyl (C=O) groups is 1. The summed E-state index contributed by atoms with van der Waals surface area (Å²) in [6, 6.07) is 11.4. The second kappa shape index (κ2) is 14.9. The summed E-state index contributed by atoms with van der Waals surface area (Å²) in [4.78, 5) is 13.0.